The first kappa shape index (κ1) is 13.4. The van der Waals surface area contributed by atoms with Crippen LogP contribution in [-0.2, 0) is 4.79 Å². The van der Waals surface area contributed by atoms with Gasteiger partial charge in [0.25, 0.3) is 0 Å². The lowest BCUT2D eigenvalue weighted by Crippen LogP contribution is -2.59. The average Bonchev–Trinajstić information content (AvgIpc) is 2.39. The third-order valence-corrected chi connectivity index (χ3v) is 3.04. The third-order valence-electron chi connectivity index (χ3n) is 3.04. The lowest BCUT2D eigenvalue weighted by atomic mass is 9.95. The highest BCUT2D eigenvalue weighted by atomic mass is 16.3. The molecule has 2 heterocycles. The number of allylic oxidation sites excluding steroid dienone is 1. The number of nitrogens with zero attached hydrogens (tertiary/aromatic N) is 4. The van der Waals surface area contributed by atoms with E-state index in [0.717, 1.165) is 4.90 Å². The van der Waals surface area contributed by atoms with Crippen LogP contribution in [0.4, 0.5) is 4.79 Å². The largest absolute Gasteiger partial charge is 0.391 e. The molecule has 1 N–H and O–H groups in total. The second kappa shape index (κ2) is 4.93. The Hall–Kier alpha value is -2.02. The molecule has 2 aliphatic heterocycles. The minimum absolute atomic E-state index is 0.206. The lowest BCUT2D eigenvalue weighted by molar-refractivity contribution is -0.128. The van der Waals surface area contributed by atoms with E-state index in [-0.39, 0.29) is 12.5 Å². The van der Waals surface area contributed by atoms with Crippen molar-refractivity contribution in [3.8, 4) is 0 Å². The number of amidine groups is 1. The fourth-order valence-electron chi connectivity index (χ4n) is 2.00. The van der Waals surface area contributed by atoms with E-state index in [2.05, 4.69) is 9.98 Å². The number of carbonyl (C=O) groups is 2. The molecule has 2 unspecified atom stereocenters. The number of aliphatic hydroxyl groups is 1. The highest BCUT2D eigenvalue weighted by Crippen LogP contribution is 2.21. The van der Waals surface area contributed by atoms with Crippen LogP contribution >= 0.6 is 0 Å². The smallest absolute Gasteiger partial charge is 0.331 e. The van der Waals surface area contributed by atoms with E-state index in [4.69, 9.17) is 0 Å². The van der Waals surface area contributed by atoms with E-state index in [0.29, 0.717) is 11.5 Å². The monoisotopic (exact) mass is 264 g/mol. The molecule has 1 saturated heterocycles. The summed E-state index contributed by atoms with van der Waals surface area (Å²) in [6, 6.07) is -0.412. The van der Waals surface area contributed by atoms with Crippen molar-refractivity contribution in [2.45, 2.75) is 13.0 Å². The molecule has 3 amide bonds. The second-order valence-corrected chi connectivity index (χ2v) is 4.59. The van der Waals surface area contributed by atoms with Gasteiger partial charge in [0, 0.05) is 20.3 Å². The summed E-state index contributed by atoms with van der Waals surface area (Å²) in [4.78, 5) is 34.7. The van der Waals surface area contributed by atoms with E-state index in [1.54, 1.807) is 20.0 Å². The number of aliphatic imine (C=N–C) groups is 2. The molecule has 0 aromatic heterocycles. The first-order chi connectivity index (χ1) is 8.93. The van der Waals surface area contributed by atoms with Crippen LogP contribution in [-0.4, -0.2) is 65.1 Å². The zero-order chi connectivity index (χ0) is 14.2. The van der Waals surface area contributed by atoms with Gasteiger partial charge >= 0.3 is 6.03 Å². The number of hydrogen-bond acceptors (Lipinski definition) is 5. The number of urea groups is 1. The maximum absolute atomic E-state index is 12.2. The standard InChI is InChI=1S/C12H16N4O3/c1-7(17)6-14-8-4-5-13-10-9(8)11(18)16(3)12(19)15(10)2/h4-5,7,9,17H,6H2,1-3H3. The van der Waals surface area contributed by atoms with Gasteiger partial charge in [0.2, 0.25) is 5.91 Å². The normalized spacial score (nSPS) is 26.6. The van der Waals surface area contributed by atoms with Crippen LogP contribution in [0.25, 0.3) is 0 Å². The predicted molar refractivity (Wildman–Crippen MR) is 70.0 cm³/mol. The summed E-state index contributed by atoms with van der Waals surface area (Å²) in [6.45, 7) is 1.83. The van der Waals surface area contributed by atoms with Crippen LogP contribution < -0.4 is 0 Å². The molecular weight excluding hydrogens is 248 g/mol. The summed E-state index contributed by atoms with van der Waals surface area (Å²) in [5, 5.41) is 9.27. The third kappa shape index (κ3) is 2.28. The minimum Gasteiger partial charge on any atom is -0.391 e. The highest BCUT2D eigenvalue weighted by Gasteiger charge is 2.43. The SMILES string of the molecule is CC(O)CN=C1C=CN=C2C1C(=O)N(C)C(=O)N2C. The maximum atomic E-state index is 12.2. The maximum Gasteiger partial charge on any atom is 0.331 e. The molecule has 0 radical (unpaired) electrons. The molecule has 7 nitrogen and oxygen atoms in total. The van der Waals surface area contributed by atoms with Gasteiger partial charge in [0.05, 0.1) is 18.4 Å². The van der Waals surface area contributed by atoms with Gasteiger partial charge in [-0.1, -0.05) is 0 Å². The molecule has 7 heteroatoms. The Labute approximate surface area is 110 Å². The van der Waals surface area contributed by atoms with Gasteiger partial charge in [-0.25, -0.2) is 9.79 Å². The molecule has 19 heavy (non-hydrogen) atoms. The van der Waals surface area contributed by atoms with Crippen molar-refractivity contribution in [3.63, 3.8) is 0 Å². The second-order valence-electron chi connectivity index (χ2n) is 4.59. The molecule has 2 aliphatic rings. The van der Waals surface area contributed by atoms with Crippen LogP contribution in [0, 0.1) is 5.92 Å². The Balaban J connectivity index is 2.37. The van der Waals surface area contributed by atoms with Crippen LogP contribution in [0.3, 0.4) is 0 Å². The predicted octanol–water partition coefficient (Wildman–Crippen LogP) is -0.126. The van der Waals surface area contributed by atoms with Crippen molar-refractivity contribution < 1.29 is 14.7 Å². The molecule has 102 valence electrons. The summed E-state index contributed by atoms with van der Waals surface area (Å²) >= 11 is 0. The Morgan fingerprint density at radius 1 is 1.42 bits per heavy atom. The summed E-state index contributed by atoms with van der Waals surface area (Å²) in [5.41, 5.74) is 0.516. The first-order valence-electron chi connectivity index (χ1n) is 5.95. The number of imide groups is 1. The molecule has 1 fully saturated rings. The molecule has 0 aromatic carbocycles. The number of rotatable bonds is 2. The summed E-state index contributed by atoms with van der Waals surface area (Å²) < 4.78 is 0. The van der Waals surface area contributed by atoms with Crippen molar-refractivity contribution in [2.24, 2.45) is 15.9 Å². The molecule has 2 atom stereocenters. The Bertz CT molecular complexity index is 507. The summed E-state index contributed by atoms with van der Waals surface area (Å²) in [7, 11) is 3.01. The number of amides is 3. The van der Waals surface area contributed by atoms with Crippen LogP contribution in [0.2, 0.25) is 0 Å². The van der Waals surface area contributed by atoms with E-state index in [1.807, 2.05) is 0 Å². The van der Waals surface area contributed by atoms with E-state index >= 15 is 0 Å². The highest BCUT2D eigenvalue weighted by molar-refractivity contribution is 6.31. The molecule has 0 aromatic rings. The Morgan fingerprint density at radius 2 is 2.11 bits per heavy atom. The van der Waals surface area contributed by atoms with E-state index in [9.17, 15) is 14.7 Å². The average molecular weight is 264 g/mol. The van der Waals surface area contributed by atoms with Gasteiger partial charge in [-0.2, -0.15) is 0 Å². The fraction of sp³-hybridized carbons (Fsp3) is 0.500. The number of carbonyl (C=O) groups excluding carboxylic acids is 2. The van der Waals surface area contributed by atoms with Gasteiger partial charge in [-0.3, -0.25) is 19.6 Å². The van der Waals surface area contributed by atoms with Gasteiger partial charge < -0.3 is 5.11 Å². The summed E-state index contributed by atoms with van der Waals surface area (Å²) in [5.74, 6) is -0.646. The topological polar surface area (TPSA) is 85.6 Å². The van der Waals surface area contributed by atoms with Gasteiger partial charge in [-0.15, -0.1) is 0 Å². The van der Waals surface area contributed by atoms with Gasteiger partial charge in [-0.05, 0) is 13.0 Å². The first-order valence-corrected chi connectivity index (χ1v) is 5.95. The molecule has 0 aliphatic carbocycles. The van der Waals surface area contributed by atoms with Gasteiger partial charge in [0.1, 0.15) is 11.8 Å². The fourth-order valence-corrected chi connectivity index (χ4v) is 2.00. The molecule has 2 rings (SSSR count). The van der Waals surface area contributed by atoms with Crippen LogP contribution in [0.15, 0.2) is 22.3 Å². The summed E-state index contributed by atoms with van der Waals surface area (Å²) in [6.07, 6.45) is 2.56. The minimum atomic E-state index is -0.670. The van der Waals surface area contributed by atoms with E-state index < -0.39 is 18.1 Å². The van der Waals surface area contributed by atoms with Crippen molar-refractivity contribution in [3.05, 3.63) is 12.3 Å². The quantitative estimate of drug-likeness (QED) is 0.754. The Morgan fingerprint density at radius 3 is 2.74 bits per heavy atom. The van der Waals surface area contributed by atoms with Crippen LogP contribution in [0.1, 0.15) is 6.92 Å². The number of fused-ring (bicyclic) bond motifs is 1. The van der Waals surface area contributed by atoms with Gasteiger partial charge in [0.15, 0.2) is 0 Å². The molecular formula is C12H16N4O3. The van der Waals surface area contributed by atoms with E-state index in [1.165, 1.54) is 18.1 Å². The zero-order valence-electron chi connectivity index (χ0n) is 11.1. The van der Waals surface area contributed by atoms with Crippen molar-refractivity contribution in [2.75, 3.05) is 20.6 Å². The van der Waals surface area contributed by atoms with Crippen LogP contribution in [0.5, 0.6) is 0 Å². The number of hydrogen-bond donors (Lipinski definition) is 1. The van der Waals surface area contributed by atoms with Crippen molar-refractivity contribution >= 4 is 23.5 Å². The van der Waals surface area contributed by atoms with Crippen molar-refractivity contribution in [1.82, 2.24) is 9.80 Å². The number of aliphatic hydroxyl groups excluding tert-OH is 1. The molecule has 0 saturated carbocycles. The molecule has 0 spiro atoms. The Kier molecular flexibility index (Phi) is 3.48. The zero-order valence-corrected chi connectivity index (χ0v) is 11.1. The lowest BCUT2D eigenvalue weighted by Gasteiger charge is -2.36. The molecule has 0 bridgehead atoms. The van der Waals surface area contributed by atoms with Crippen molar-refractivity contribution in [1.29, 1.82) is 0 Å².